The van der Waals surface area contributed by atoms with Crippen molar-refractivity contribution in [1.82, 2.24) is 14.8 Å². The van der Waals surface area contributed by atoms with Crippen LogP contribution in [0.15, 0.2) is 36.5 Å². The average molecular weight is 374 g/mol. The molecule has 2 aromatic rings. The molecule has 1 fully saturated rings. The van der Waals surface area contributed by atoms with E-state index in [2.05, 4.69) is 10.3 Å². The number of halogens is 2. The second-order valence-corrected chi connectivity index (χ2v) is 5.91. The maximum atomic E-state index is 13.7. The van der Waals surface area contributed by atoms with Crippen molar-refractivity contribution in [1.29, 1.82) is 0 Å². The van der Waals surface area contributed by atoms with Gasteiger partial charge in [0.25, 0.3) is 11.8 Å². The average Bonchev–Trinajstić information content (AvgIpc) is 2.70. The third-order valence-electron chi connectivity index (χ3n) is 4.19. The molecule has 0 unspecified atom stereocenters. The lowest BCUT2D eigenvalue weighted by molar-refractivity contribution is -0.119. The summed E-state index contributed by atoms with van der Waals surface area (Å²) < 4.78 is 27.4. The van der Waals surface area contributed by atoms with Crippen LogP contribution in [-0.2, 0) is 4.79 Å². The molecule has 0 spiro atoms. The molecule has 1 N–H and O–H groups in total. The van der Waals surface area contributed by atoms with Gasteiger partial charge >= 0.3 is 0 Å². The van der Waals surface area contributed by atoms with Gasteiger partial charge in [-0.3, -0.25) is 19.4 Å². The Bertz CT molecular complexity index is 862. The summed E-state index contributed by atoms with van der Waals surface area (Å²) in [5, 5.41) is 2.17. The molecular weight excluding hydrogens is 358 g/mol. The zero-order chi connectivity index (χ0) is 19.4. The predicted octanol–water partition coefficient (Wildman–Crippen LogP) is 1.53. The molecule has 3 amide bonds. The highest BCUT2D eigenvalue weighted by atomic mass is 19.1. The molecule has 1 saturated heterocycles. The lowest BCUT2D eigenvalue weighted by Crippen LogP contribution is -2.48. The van der Waals surface area contributed by atoms with Crippen molar-refractivity contribution in [3.8, 4) is 0 Å². The molecule has 1 aromatic heterocycles. The van der Waals surface area contributed by atoms with E-state index < -0.39 is 23.2 Å². The number of amides is 3. The fourth-order valence-corrected chi connectivity index (χ4v) is 2.68. The van der Waals surface area contributed by atoms with Gasteiger partial charge in [-0.05, 0) is 24.3 Å². The van der Waals surface area contributed by atoms with E-state index in [4.69, 9.17) is 0 Å². The quantitative estimate of drug-likeness (QED) is 0.823. The van der Waals surface area contributed by atoms with Gasteiger partial charge in [0.2, 0.25) is 6.41 Å². The third-order valence-corrected chi connectivity index (χ3v) is 4.19. The van der Waals surface area contributed by atoms with E-state index in [9.17, 15) is 23.2 Å². The zero-order valence-corrected chi connectivity index (χ0v) is 14.2. The molecule has 0 radical (unpaired) electrons. The largest absolute Gasteiger partial charge is 0.342 e. The molecule has 1 aromatic carbocycles. The molecule has 7 nitrogen and oxygen atoms in total. The van der Waals surface area contributed by atoms with E-state index in [1.54, 1.807) is 4.90 Å². The number of hydrogen-bond donors (Lipinski definition) is 1. The van der Waals surface area contributed by atoms with E-state index >= 15 is 0 Å². The minimum Gasteiger partial charge on any atom is -0.342 e. The van der Waals surface area contributed by atoms with Crippen LogP contribution in [0, 0.1) is 11.6 Å². The fraction of sp³-hybridized carbons (Fsp3) is 0.222. The lowest BCUT2D eigenvalue weighted by Gasteiger charge is -2.32. The van der Waals surface area contributed by atoms with Gasteiger partial charge in [0.05, 0.1) is 0 Å². The van der Waals surface area contributed by atoms with E-state index in [-0.39, 0.29) is 17.2 Å². The third kappa shape index (κ3) is 4.08. The van der Waals surface area contributed by atoms with Crippen LogP contribution in [0.25, 0.3) is 0 Å². The number of anilines is 1. The summed E-state index contributed by atoms with van der Waals surface area (Å²) in [5.41, 5.74) is -0.476. The van der Waals surface area contributed by atoms with Gasteiger partial charge in [0.1, 0.15) is 23.0 Å². The van der Waals surface area contributed by atoms with Crippen molar-refractivity contribution < 1.29 is 23.2 Å². The first-order valence-electron chi connectivity index (χ1n) is 8.19. The van der Waals surface area contributed by atoms with E-state index in [0.717, 1.165) is 18.5 Å². The monoisotopic (exact) mass is 374 g/mol. The topological polar surface area (TPSA) is 82.6 Å². The molecule has 0 saturated carbocycles. The minimum atomic E-state index is -0.901. The number of nitrogens with zero attached hydrogens (tertiary/aromatic N) is 3. The summed E-state index contributed by atoms with van der Waals surface area (Å²) in [6.07, 6.45) is 2.01. The summed E-state index contributed by atoms with van der Waals surface area (Å²) in [7, 11) is 0. The van der Waals surface area contributed by atoms with Crippen molar-refractivity contribution in [2.24, 2.45) is 0 Å². The molecule has 9 heteroatoms. The number of pyridine rings is 1. The Labute approximate surface area is 153 Å². The number of carbonyl (C=O) groups is 3. The highest BCUT2D eigenvalue weighted by Gasteiger charge is 2.23. The minimum absolute atomic E-state index is 0.0382. The molecule has 0 atom stereocenters. The maximum absolute atomic E-state index is 13.7. The summed E-state index contributed by atoms with van der Waals surface area (Å²) in [5.74, 6) is -2.95. The molecule has 0 aliphatic carbocycles. The van der Waals surface area contributed by atoms with Crippen molar-refractivity contribution in [2.75, 3.05) is 31.5 Å². The number of carbonyl (C=O) groups excluding carboxylic acids is 3. The highest BCUT2D eigenvalue weighted by molar-refractivity contribution is 6.05. The first-order chi connectivity index (χ1) is 13.0. The molecule has 2 heterocycles. The standard InChI is InChI=1S/C18H16F2N4O3/c19-13-2-1-3-14(20)16(13)22-17(26)12-4-5-21-15(10-12)18(27)24-8-6-23(11-25)7-9-24/h1-5,10-11H,6-9H2,(H,22,26). The van der Waals surface area contributed by atoms with Crippen molar-refractivity contribution in [3.63, 3.8) is 0 Å². The lowest BCUT2D eigenvalue weighted by atomic mass is 10.2. The van der Waals surface area contributed by atoms with Crippen LogP contribution < -0.4 is 5.32 Å². The van der Waals surface area contributed by atoms with Gasteiger partial charge in [-0.15, -0.1) is 0 Å². The van der Waals surface area contributed by atoms with E-state index in [1.165, 1.54) is 29.3 Å². The van der Waals surface area contributed by atoms with Crippen LogP contribution in [0.2, 0.25) is 0 Å². The van der Waals surface area contributed by atoms with E-state index in [0.29, 0.717) is 26.2 Å². The molecule has 1 aliphatic heterocycles. The number of benzene rings is 1. The Balaban J connectivity index is 1.74. The number of nitrogens with one attached hydrogen (secondary N) is 1. The Morgan fingerprint density at radius 1 is 1.07 bits per heavy atom. The van der Waals surface area contributed by atoms with Crippen molar-refractivity contribution in [2.45, 2.75) is 0 Å². The smallest absolute Gasteiger partial charge is 0.272 e. The first kappa shape index (κ1) is 18.4. The van der Waals surface area contributed by atoms with Gasteiger partial charge < -0.3 is 15.1 Å². The molecular formula is C18H16F2N4O3. The Hall–Kier alpha value is -3.36. The maximum Gasteiger partial charge on any atom is 0.272 e. The predicted molar refractivity (Wildman–Crippen MR) is 92.1 cm³/mol. The summed E-state index contributed by atoms with van der Waals surface area (Å²) >= 11 is 0. The normalized spacial score (nSPS) is 14.0. The number of hydrogen-bond acceptors (Lipinski definition) is 4. The van der Waals surface area contributed by atoms with Gasteiger partial charge in [-0.1, -0.05) is 6.07 Å². The molecule has 1 aliphatic rings. The van der Waals surface area contributed by atoms with Crippen LogP contribution in [0.4, 0.5) is 14.5 Å². The SMILES string of the molecule is O=CN1CCN(C(=O)c2cc(C(=O)Nc3c(F)cccc3F)ccn2)CC1. The number of para-hydroxylation sites is 1. The number of rotatable bonds is 4. The summed E-state index contributed by atoms with van der Waals surface area (Å²) in [6, 6.07) is 5.85. The summed E-state index contributed by atoms with van der Waals surface area (Å²) in [6.45, 7) is 1.55. The van der Waals surface area contributed by atoms with Gasteiger partial charge in [0, 0.05) is 37.9 Å². The molecule has 3 rings (SSSR count). The Morgan fingerprint density at radius 3 is 2.37 bits per heavy atom. The molecule has 0 bridgehead atoms. The van der Waals surface area contributed by atoms with Crippen molar-refractivity contribution in [3.05, 3.63) is 59.4 Å². The Morgan fingerprint density at radius 2 is 1.74 bits per heavy atom. The second-order valence-electron chi connectivity index (χ2n) is 5.91. The fourth-order valence-electron chi connectivity index (χ4n) is 2.68. The Kier molecular flexibility index (Phi) is 5.39. The van der Waals surface area contributed by atoms with Crippen LogP contribution in [-0.4, -0.2) is 59.2 Å². The van der Waals surface area contributed by atoms with Crippen LogP contribution in [0.1, 0.15) is 20.8 Å². The van der Waals surface area contributed by atoms with Gasteiger partial charge in [0.15, 0.2) is 0 Å². The van der Waals surface area contributed by atoms with E-state index in [1.807, 2.05) is 0 Å². The first-order valence-corrected chi connectivity index (χ1v) is 8.19. The molecule has 140 valence electrons. The number of piperazine rings is 1. The summed E-state index contributed by atoms with van der Waals surface area (Å²) in [4.78, 5) is 42.6. The zero-order valence-electron chi connectivity index (χ0n) is 14.2. The van der Waals surface area contributed by atoms with Gasteiger partial charge in [-0.25, -0.2) is 8.78 Å². The van der Waals surface area contributed by atoms with Crippen LogP contribution in [0.5, 0.6) is 0 Å². The molecule has 27 heavy (non-hydrogen) atoms. The number of aromatic nitrogens is 1. The highest BCUT2D eigenvalue weighted by Crippen LogP contribution is 2.19. The van der Waals surface area contributed by atoms with Crippen LogP contribution >= 0.6 is 0 Å². The van der Waals surface area contributed by atoms with Crippen LogP contribution in [0.3, 0.4) is 0 Å². The second kappa shape index (κ2) is 7.90. The van der Waals surface area contributed by atoms with Gasteiger partial charge in [-0.2, -0.15) is 0 Å². The van der Waals surface area contributed by atoms with Crippen molar-refractivity contribution >= 4 is 23.9 Å².